The van der Waals surface area contributed by atoms with Gasteiger partial charge in [0.15, 0.2) is 0 Å². The van der Waals surface area contributed by atoms with Crippen LogP contribution in [0.5, 0.6) is 5.75 Å². The normalized spacial score (nSPS) is 17.9. The van der Waals surface area contributed by atoms with E-state index >= 15 is 0 Å². The van der Waals surface area contributed by atoms with Crippen LogP contribution in [0.25, 0.3) is 0 Å². The van der Waals surface area contributed by atoms with Crippen molar-refractivity contribution in [2.24, 2.45) is 0 Å². The molecule has 8 heteroatoms. The molecule has 4 rings (SSSR count). The van der Waals surface area contributed by atoms with Gasteiger partial charge in [0, 0.05) is 18.2 Å². The van der Waals surface area contributed by atoms with Gasteiger partial charge in [0.2, 0.25) is 0 Å². The second-order valence-corrected chi connectivity index (χ2v) is 10.4. The third-order valence-electron chi connectivity index (χ3n) is 6.30. The molecule has 0 saturated carbocycles. The van der Waals surface area contributed by atoms with Gasteiger partial charge < -0.3 is 10.1 Å². The number of carbonyl (C=O) groups is 1. The maximum Gasteiger partial charge on any atom is 0.255 e. The Labute approximate surface area is 194 Å². The number of hydrogen-bond acceptors (Lipinski definition) is 5. The second kappa shape index (κ2) is 9.39. The van der Waals surface area contributed by atoms with Crippen LogP contribution in [0.2, 0.25) is 0 Å². The third kappa shape index (κ3) is 4.66. The molecule has 1 heterocycles. The summed E-state index contributed by atoms with van der Waals surface area (Å²) in [6.45, 7) is 2.26. The fourth-order valence-corrected chi connectivity index (χ4v) is 5.76. The summed E-state index contributed by atoms with van der Waals surface area (Å²) in [5.41, 5.74) is 2.96. The van der Waals surface area contributed by atoms with Gasteiger partial charge in [-0.2, -0.15) is 9.19 Å². The molecule has 0 spiro atoms. The maximum atomic E-state index is 13.0. The summed E-state index contributed by atoms with van der Waals surface area (Å²) in [6.07, 6.45) is 4.18. The lowest BCUT2D eigenvalue weighted by Gasteiger charge is -2.37. The van der Waals surface area contributed by atoms with Crippen LogP contribution in [0.15, 0.2) is 60.8 Å². The van der Waals surface area contributed by atoms with Crippen LogP contribution in [-0.4, -0.2) is 42.9 Å². The average molecular weight is 468 g/mol. The predicted molar refractivity (Wildman–Crippen MR) is 127 cm³/mol. The Morgan fingerprint density at radius 3 is 2.61 bits per heavy atom. The van der Waals surface area contributed by atoms with E-state index in [1.165, 1.54) is 0 Å². The first kappa shape index (κ1) is 23.0. The summed E-state index contributed by atoms with van der Waals surface area (Å²) in [6, 6.07) is 17.2. The van der Waals surface area contributed by atoms with Crippen molar-refractivity contribution in [1.82, 2.24) is 14.5 Å². The van der Waals surface area contributed by atoms with E-state index in [1.807, 2.05) is 37.3 Å². The van der Waals surface area contributed by atoms with E-state index in [2.05, 4.69) is 22.5 Å². The molecule has 1 aromatic heterocycles. The van der Waals surface area contributed by atoms with Crippen molar-refractivity contribution >= 4 is 15.9 Å². The minimum Gasteiger partial charge on any atom is -0.496 e. The molecule has 0 saturated heterocycles. The lowest BCUT2D eigenvalue weighted by Crippen LogP contribution is -2.44. The topological polar surface area (TPSA) is 90.3 Å². The van der Waals surface area contributed by atoms with E-state index in [4.69, 9.17) is 4.74 Å². The van der Waals surface area contributed by atoms with Crippen LogP contribution in [0.4, 0.5) is 0 Å². The second-order valence-electron chi connectivity index (χ2n) is 8.50. The fraction of sp³-hybridized carbons (Fsp3) is 0.360. The van der Waals surface area contributed by atoms with E-state index in [0.29, 0.717) is 37.1 Å². The van der Waals surface area contributed by atoms with E-state index < -0.39 is 10.0 Å². The van der Waals surface area contributed by atoms with Crippen molar-refractivity contribution in [3.8, 4) is 5.75 Å². The minimum atomic E-state index is -3.45. The molecule has 1 N–H and O–H groups in total. The number of aryl methyl sites for hydroxylation is 1. The first-order chi connectivity index (χ1) is 15.9. The Hall–Kier alpha value is -3.13. The SMILES string of the molecule is CCCS(=O)(=O)n1cc2c(n1)CCC(CNC(=O)c1ccccc1OC)(c1ccccc1)C2. The minimum absolute atomic E-state index is 0.0619. The standard InChI is InChI=1S/C25H29N3O4S/c1-3-15-33(30,31)28-17-19-16-25(14-13-22(19)27-28,20-9-5-4-6-10-20)18-26-24(29)21-11-7-8-12-23(21)32-2/h4-12,17H,3,13-16,18H2,1-2H3,(H,26,29). The van der Waals surface area contributed by atoms with Gasteiger partial charge in [0.25, 0.3) is 15.9 Å². The number of carbonyl (C=O) groups excluding carboxylic acids is 1. The molecule has 0 fully saturated rings. The number of benzene rings is 2. The maximum absolute atomic E-state index is 13.0. The van der Waals surface area contributed by atoms with Crippen LogP contribution in [0.1, 0.15) is 46.9 Å². The van der Waals surface area contributed by atoms with E-state index in [1.54, 1.807) is 25.4 Å². The molecule has 33 heavy (non-hydrogen) atoms. The summed E-state index contributed by atoms with van der Waals surface area (Å²) in [5.74, 6) is 0.388. The van der Waals surface area contributed by atoms with Gasteiger partial charge in [-0.25, -0.2) is 8.42 Å². The molecule has 174 valence electrons. The first-order valence-corrected chi connectivity index (χ1v) is 12.8. The first-order valence-electron chi connectivity index (χ1n) is 11.2. The summed E-state index contributed by atoms with van der Waals surface area (Å²) in [7, 11) is -1.91. The monoisotopic (exact) mass is 467 g/mol. The van der Waals surface area contributed by atoms with Gasteiger partial charge in [-0.1, -0.05) is 49.4 Å². The number of hydrogen-bond donors (Lipinski definition) is 1. The number of fused-ring (bicyclic) bond motifs is 1. The molecular formula is C25H29N3O4S. The van der Waals surface area contributed by atoms with Crippen molar-refractivity contribution in [1.29, 1.82) is 0 Å². The number of ether oxygens (including phenoxy) is 1. The van der Waals surface area contributed by atoms with Crippen molar-refractivity contribution in [3.05, 3.63) is 83.2 Å². The van der Waals surface area contributed by atoms with E-state index in [-0.39, 0.29) is 17.1 Å². The van der Waals surface area contributed by atoms with Gasteiger partial charge in [0.05, 0.1) is 24.1 Å². The number of methoxy groups -OCH3 is 1. The zero-order valence-electron chi connectivity index (χ0n) is 19.0. The Morgan fingerprint density at radius 1 is 1.15 bits per heavy atom. The molecule has 1 unspecified atom stereocenters. The number of rotatable bonds is 8. The van der Waals surface area contributed by atoms with E-state index in [9.17, 15) is 13.2 Å². The number of nitrogens with one attached hydrogen (secondary N) is 1. The summed E-state index contributed by atoms with van der Waals surface area (Å²) < 4.78 is 31.6. The van der Waals surface area contributed by atoms with Gasteiger partial charge in [-0.05, 0) is 48.9 Å². The van der Waals surface area contributed by atoms with Crippen LogP contribution in [0, 0.1) is 0 Å². The van der Waals surface area contributed by atoms with Crippen LogP contribution < -0.4 is 10.1 Å². The molecule has 3 aromatic rings. The molecular weight excluding hydrogens is 438 g/mol. The lowest BCUT2D eigenvalue weighted by atomic mass is 9.69. The molecule has 1 aliphatic carbocycles. The fourth-order valence-electron chi connectivity index (χ4n) is 4.55. The van der Waals surface area contributed by atoms with Gasteiger partial charge >= 0.3 is 0 Å². The van der Waals surface area contributed by atoms with Crippen LogP contribution in [-0.2, 0) is 28.3 Å². The van der Waals surface area contributed by atoms with Crippen molar-refractivity contribution < 1.29 is 17.9 Å². The highest BCUT2D eigenvalue weighted by atomic mass is 32.2. The number of amides is 1. The number of nitrogens with zero attached hydrogens (tertiary/aromatic N) is 2. The molecule has 0 bridgehead atoms. The highest BCUT2D eigenvalue weighted by Gasteiger charge is 2.38. The Balaban J connectivity index is 1.63. The molecule has 2 aromatic carbocycles. The van der Waals surface area contributed by atoms with E-state index in [0.717, 1.165) is 27.3 Å². The smallest absolute Gasteiger partial charge is 0.255 e. The Morgan fingerprint density at radius 2 is 1.88 bits per heavy atom. The largest absolute Gasteiger partial charge is 0.496 e. The average Bonchev–Trinajstić information content (AvgIpc) is 3.27. The third-order valence-corrected chi connectivity index (χ3v) is 7.98. The van der Waals surface area contributed by atoms with Crippen LogP contribution >= 0.6 is 0 Å². The van der Waals surface area contributed by atoms with Crippen LogP contribution in [0.3, 0.4) is 0 Å². The summed E-state index contributed by atoms with van der Waals surface area (Å²) >= 11 is 0. The van der Waals surface area contributed by atoms with Crippen molar-refractivity contribution in [2.75, 3.05) is 19.4 Å². The Bertz CT molecular complexity index is 1240. The highest BCUT2D eigenvalue weighted by molar-refractivity contribution is 7.89. The molecule has 0 aliphatic heterocycles. The number of aromatic nitrogens is 2. The summed E-state index contributed by atoms with van der Waals surface area (Å²) in [4.78, 5) is 13.0. The lowest BCUT2D eigenvalue weighted by molar-refractivity contribution is 0.0937. The van der Waals surface area contributed by atoms with Crippen molar-refractivity contribution in [2.45, 2.75) is 38.0 Å². The summed E-state index contributed by atoms with van der Waals surface area (Å²) in [5, 5.41) is 7.50. The predicted octanol–water partition coefficient (Wildman–Crippen LogP) is 3.34. The molecule has 1 atom stereocenters. The zero-order valence-corrected chi connectivity index (χ0v) is 19.8. The molecule has 0 radical (unpaired) electrons. The van der Waals surface area contributed by atoms with Gasteiger partial charge in [-0.15, -0.1) is 0 Å². The molecule has 1 aliphatic rings. The van der Waals surface area contributed by atoms with Crippen molar-refractivity contribution in [3.63, 3.8) is 0 Å². The Kier molecular flexibility index (Phi) is 6.56. The quantitative estimate of drug-likeness (QED) is 0.549. The molecule has 1 amide bonds. The highest BCUT2D eigenvalue weighted by Crippen LogP contribution is 2.38. The zero-order chi connectivity index (χ0) is 23.5. The molecule has 7 nitrogen and oxygen atoms in total. The number of para-hydroxylation sites is 1. The van der Waals surface area contributed by atoms with Gasteiger partial charge in [0.1, 0.15) is 5.75 Å². The van der Waals surface area contributed by atoms with Gasteiger partial charge in [-0.3, -0.25) is 4.79 Å².